The molecule has 1 aliphatic heterocycles. The Hall–Kier alpha value is -1.36. The maximum atomic E-state index is 12.4. The summed E-state index contributed by atoms with van der Waals surface area (Å²) in [4.78, 5) is 28.0. The zero-order chi connectivity index (χ0) is 15.4. The monoisotopic (exact) mass is 352 g/mol. The van der Waals surface area contributed by atoms with Gasteiger partial charge in [0, 0.05) is 36.7 Å². The first kappa shape index (κ1) is 16.0. The van der Waals surface area contributed by atoms with E-state index in [0.29, 0.717) is 13.0 Å². The molecule has 5 heteroatoms. The molecule has 0 bridgehead atoms. The van der Waals surface area contributed by atoms with E-state index in [1.807, 2.05) is 31.3 Å². The summed E-state index contributed by atoms with van der Waals surface area (Å²) < 4.78 is 0.977. The number of anilines is 1. The molecule has 1 aromatic rings. The predicted molar refractivity (Wildman–Crippen MR) is 87.1 cm³/mol. The minimum atomic E-state index is -0.219. The molecule has 1 aliphatic rings. The molecule has 21 heavy (non-hydrogen) atoms. The molecule has 114 valence electrons. The van der Waals surface area contributed by atoms with E-state index in [1.165, 1.54) is 0 Å². The molecule has 1 unspecified atom stereocenters. The number of benzene rings is 1. The Balaban J connectivity index is 2.02. The standard InChI is InChI=1S/C16H21BrN2O2/c1-3-4-9-18(2)16(21)12-10-15(20)19(11-12)14-7-5-13(17)6-8-14/h5-8,12H,3-4,9-11H2,1-2H3. The third kappa shape index (κ3) is 3.84. The van der Waals surface area contributed by atoms with Crippen LogP contribution in [0.25, 0.3) is 0 Å². The van der Waals surface area contributed by atoms with Crippen LogP contribution in [0.4, 0.5) is 5.69 Å². The zero-order valence-corrected chi connectivity index (χ0v) is 14.1. The first-order valence-corrected chi connectivity index (χ1v) is 8.13. The summed E-state index contributed by atoms with van der Waals surface area (Å²) in [7, 11) is 1.82. The molecule has 1 heterocycles. The molecule has 0 aromatic heterocycles. The summed E-state index contributed by atoms with van der Waals surface area (Å²) in [6.45, 7) is 3.35. The molecule has 1 saturated heterocycles. The van der Waals surface area contributed by atoms with E-state index in [1.54, 1.807) is 9.80 Å². The van der Waals surface area contributed by atoms with Crippen LogP contribution >= 0.6 is 15.9 Å². The molecular weight excluding hydrogens is 332 g/mol. The molecule has 2 rings (SSSR count). The highest BCUT2D eigenvalue weighted by molar-refractivity contribution is 9.10. The molecule has 2 amide bonds. The number of halogens is 1. The van der Waals surface area contributed by atoms with Gasteiger partial charge in [0.25, 0.3) is 0 Å². The summed E-state index contributed by atoms with van der Waals surface area (Å²) in [6, 6.07) is 7.61. The minimum Gasteiger partial charge on any atom is -0.345 e. The second kappa shape index (κ2) is 7.07. The van der Waals surface area contributed by atoms with Crippen molar-refractivity contribution in [3.05, 3.63) is 28.7 Å². The topological polar surface area (TPSA) is 40.6 Å². The number of carbonyl (C=O) groups excluding carboxylic acids is 2. The lowest BCUT2D eigenvalue weighted by Gasteiger charge is -2.21. The van der Waals surface area contributed by atoms with Crippen molar-refractivity contribution in [2.75, 3.05) is 25.0 Å². The number of hydrogen-bond donors (Lipinski definition) is 0. The van der Waals surface area contributed by atoms with Crippen LogP contribution in [0.5, 0.6) is 0 Å². The first-order valence-electron chi connectivity index (χ1n) is 7.33. The van der Waals surface area contributed by atoms with E-state index in [4.69, 9.17) is 0 Å². The number of carbonyl (C=O) groups is 2. The Morgan fingerprint density at radius 3 is 2.67 bits per heavy atom. The lowest BCUT2D eigenvalue weighted by molar-refractivity contribution is -0.134. The van der Waals surface area contributed by atoms with E-state index in [2.05, 4.69) is 22.9 Å². The van der Waals surface area contributed by atoms with Gasteiger partial charge < -0.3 is 9.80 Å². The van der Waals surface area contributed by atoms with Crippen molar-refractivity contribution >= 4 is 33.4 Å². The molecule has 0 saturated carbocycles. The number of amides is 2. The third-order valence-corrected chi connectivity index (χ3v) is 4.36. The molecular formula is C16H21BrN2O2. The van der Waals surface area contributed by atoms with Crippen LogP contribution in [-0.2, 0) is 9.59 Å². The average molecular weight is 353 g/mol. The number of hydrogen-bond acceptors (Lipinski definition) is 2. The van der Waals surface area contributed by atoms with E-state index in [0.717, 1.165) is 29.5 Å². The van der Waals surface area contributed by atoms with Crippen molar-refractivity contribution in [2.45, 2.75) is 26.2 Å². The zero-order valence-electron chi connectivity index (χ0n) is 12.5. The summed E-state index contributed by atoms with van der Waals surface area (Å²) in [5, 5.41) is 0. The van der Waals surface area contributed by atoms with E-state index in [9.17, 15) is 9.59 Å². The smallest absolute Gasteiger partial charge is 0.227 e. The molecule has 0 spiro atoms. The maximum absolute atomic E-state index is 12.4. The van der Waals surface area contributed by atoms with Crippen LogP contribution in [0.1, 0.15) is 26.2 Å². The van der Waals surface area contributed by atoms with Crippen molar-refractivity contribution in [3.8, 4) is 0 Å². The molecule has 1 aromatic carbocycles. The number of unbranched alkanes of at least 4 members (excludes halogenated alkanes) is 1. The van der Waals surface area contributed by atoms with Gasteiger partial charge in [0.05, 0.1) is 5.92 Å². The van der Waals surface area contributed by atoms with Crippen LogP contribution in [0.3, 0.4) is 0 Å². The van der Waals surface area contributed by atoms with Crippen LogP contribution in [0.2, 0.25) is 0 Å². The lowest BCUT2D eigenvalue weighted by atomic mass is 10.1. The quantitative estimate of drug-likeness (QED) is 0.816. The second-order valence-electron chi connectivity index (χ2n) is 5.50. The largest absolute Gasteiger partial charge is 0.345 e. The van der Waals surface area contributed by atoms with Gasteiger partial charge in [-0.3, -0.25) is 9.59 Å². The molecule has 0 radical (unpaired) electrons. The first-order chi connectivity index (χ1) is 10.0. The van der Waals surface area contributed by atoms with Gasteiger partial charge in [-0.2, -0.15) is 0 Å². The highest BCUT2D eigenvalue weighted by Gasteiger charge is 2.36. The molecule has 4 nitrogen and oxygen atoms in total. The molecule has 1 fully saturated rings. The van der Waals surface area contributed by atoms with Crippen molar-refractivity contribution in [1.29, 1.82) is 0 Å². The summed E-state index contributed by atoms with van der Waals surface area (Å²) in [5.74, 6) is -0.112. The van der Waals surface area contributed by atoms with E-state index >= 15 is 0 Å². The van der Waals surface area contributed by atoms with Gasteiger partial charge in [-0.25, -0.2) is 0 Å². The van der Waals surface area contributed by atoms with Gasteiger partial charge in [-0.05, 0) is 30.7 Å². The summed E-state index contributed by atoms with van der Waals surface area (Å²) in [5.41, 5.74) is 0.856. The fourth-order valence-electron chi connectivity index (χ4n) is 2.56. The van der Waals surface area contributed by atoms with E-state index < -0.39 is 0 Å². The van der Waals surface area contributed by atoms with Gasteiger partial charge in [0.2, 0.25) is 11.8 Å². The molecule has 0 N–H and O–H groups in total. The van der Waals surface area contributed by atoms with Crippen LogP contribution in [0, 0.1) is 5.92 Å². The predicted octanol–water partition coefficient (Wildman–Crippen LogP) is 3.06. The fourth-order valence-corrected chi connectivity index (χ4v) is 2.83. The van der Waals surface area contributed by atoms with Gasteiger partial charge in [-0.1, -0.05) is 29.3 Å². The Morgan fingerprint density at radius 2 is 2.05 bits per heavy atom. The van der Waals surface area contributed by atoms with Crippen molar-refractivity contribution in [1.82, 2.24) is 4.90 Å². The number of rotatable bonds is 5. The van der Waals surface area contributed by atoms with Crippen molar-refractivity contribution < 1.29 is 9.59 Å². The van der Waals surface area contributed by atoms with Crippen molar-refractivity contribution in [2.24, 2.45) is 5.92 Å². The molecule has 0 aliphatic carbocycles. The Bertz CT molecular complexity index is 516. The maximum Gasteiger partial charge on any atom is 0.227 e. The summed E-state index contributed by atoms with van der Waals surface area (Å²) >= 11 is 3.38. The average Bonchev–Trinajstić information content (AvgIpc) is 2.86. The van der Waals surface area contributed by atoms with E-state index in [-0.39, 0.29) is 17.7 Å². The fraction of sp³-hybridized carbons (Fsp3) is 0.500. The Labute approximate surface area is 134 Å². The van der Waals surface area contributed by atoms with Gasteiger partial charge >= 0.3 is 0 Å². The lowest BCUT2D eigenvalue weighted by Crippen LogP contribution is -2.35. The Kier molecular flexibility index (Phi) is 5.39. The van der Waals surface area contributed by atoms with Gasteiger partial charge in [0.1, 0.15) is 0 Å². The third-order valence-electron chi connectivity index (χ3n) is 3.84. The highest BCUT2D eigenvalue weighted by atomic mass is 79.9. The van der Waals surface area contributed by atoms with Crippen LogP contribution < -0.4 is 4.90 Å². The molecule has 1 atom stereocenters. The van der Waals surface area contributed by atoms with Gasteiger partial charge in [0.15, 0.2) is 0 Å². The number of nitrogens with zero attached hydrogens (tertiary/aromatic N) is 2. The minimum absolute atomic E-state index is 0.0274. The highest BCUT2D eigenvalue weighted by Crippen LogP contribution is 2.27. The van der Waals surface area contributed by atoms with Crippen molar-refractivity contribution in [3.63, 3.8) is 0 Å². The van der Waals surface area contributed by atoms with Crippen LogP contribution in [-0.4, -0.2) is 36.9 Å². The van der Waals surface area contributed by atoms with Gasteiger partial charge in [-0.15, -0.1) is 0 Å². The Morgan fingerprint density at radius 1 is 1.38 bits per heavy atom. The normalized spacial score (nSPS) is 18.1. The van der Waals surface area contributed by atoms with Crippen LogP contribution in [0.15, 0.2) is 28.7 Å². The summed E-state index contributed by atoms with van der Waals surface area (Å²) in [6.07, 6.45) is 2.37. The second-order valence-corrected chi connectivity index (χ2v) is 6.41. The SMILES string of the molecule is CCCCN(C)C(=O)C1CC(=O)N(c2ccc(Br)cc2)C1.